The summed E-state index contributed by atoms with van der Waals surface area (Å²) in [6.45, 7) is 6.12. The number of benzene rings is 2. The first kappa shape index (κ1) is 22.1. The molecule has 3 aromatic rings. The fourth-order valence-corrected chi connectivity index (χ4v) is 5.60. The highest BCUT2D eigenvalue weighted by molar-refractivity contribution is 5.83. The Morgan fingerprint density at radius 3 is 2.61 bits per heavy atom. The van der Waals surface area contributed by atoms with Crippen LogP contribution in [0.3, 0.4) is 0 Å². The Labute approximate surface area is 193 Å². The number of aromatic amines is 1. The van der Waals surface area contributed by atoms with Crippen molar-refractivity contribution in [2.24, 2.45) is 5.92 Å². The highest BCUT2D eigenvalue weighted by Crippen LogP contribution is 2.44. The number of aromatic nitrogens is 2. The van der Waals surface area contributed by atoms with Crippen LogP contribution in [0.1, 0.15) is 49.4 Å². The van der Waals surface area contributed by atoms with Crippen molar-refractivity contribution in [2.75, 3.05) is 31.6 Å². The van der Waals surface area contributed by atoms with Crippen LogP contribution in [0.5, 0.6) is 5.75 Å². The third kappa shape index (κ3) is 4.07. The zero-order valence-corrected chi connectivity index (χ0v) is 19.5. The number of alkyl halides is 2. The molecule has 1 N–H and O–H groups in total. The Morgan fingerprint density at radius 1 is 1.12 bits per heavy atom. The largest absolute Gasteiger partial charge is 0.496 e. The average molecular weight is 455 g/mol. The molecule has 3 heterocycles. The maximum atomic E-state index is 13.7. The van der Waals surface area contributed by atoms with Crippen LogP contribution in [0.15, 0.2) is 36.5 Å². The van der Waals surface area contributed by atoms with E-state index < -0.39 is 6.43 Å². The van der Waals surface area contributed by atoms with Gasteiger partial charge in [0.05, 0.1) is 31.4 Å². The number of ether oxygens (including phenoxy) is 1. The predicted octanol–water partition coefficient (Wildman–Crippen LogP) is 5.41. The van der Waals surface area contributed by atoms with E-state index in [4.69, 9.17) is 4.74 Å². The summed E-state index contributed by atoms with van der Waals surface area (Å²) in [5.41, 5.74) is 5.28. The Bertz CT molecular complexity index is 1120. The summed E-state index contributed by atoms with van der Waals surface area (Å²) in [6, 6.07) is 10.0. The van der Waals surface area contributed by atoms with Gasteiger partial charge < -0.3 is 9.64 Å². The van der Waals surface area contributed by atoms with Crippen molar-refractivity contribution in [2.45, 2.75) is 51.6 Å². The number of methoxy groups -OCH3 is 1. The fraction of sp³-hybridized carbons (Fsp3) is 0.500. The molecule has 0 saturated carbocycles. The number of H-pyrrole nitrogens is 1. The molecule has 2 aromatic carbocycles. The predicted molar refractivity (Wildman–Crippen MR) is 127 cm³/mol. The summed E-state index contributed by atoms with van der Waals surface area (Å²) < 4.78 is 33.2. The maximum Gasteiger partial charge on any atom is 0.251 e. The molecule has 0 unspecified atom stereocenters. The molecule has 2 atom stereocenters. The summed E-state index contributed by atoms with van der Waals surface area (Å²) in [6.07, 6.45) is 2.51. The van der Waals surface area contributed by atoms with Gasteiger partial charge in [-0.2, -0.15) is 5.10 Å². The van der Waals surface area contributed by atoms with Crippen LogP contribution in [0.25, 0.3) is 10.9 Å². The van der Waals surface area contributed by atoms with Gasteiger partial charge in [0.15, 0.2) is 0 Å². The lowest BCUT2D eigenvalue weighted by Crippen LogP contribution is -2.45. The normalized spacial score (nSPS) is 22.2. The molecule has 2 aliphatic rings. The highest BCUT2D eigenvalue weighted by Gasteiger charge is 2.37. The van der Waals surface area contributed by atoms with Crippen molar-refractivity contribution < 1.29 is 13.5 Å². The van der Waals surface area contributed by atoms with Crippen LogP contribution < -0.4 is 9.64 Å². The van der Waals surface area contributed by atoms with Crippen molar-refractivity contribution in [3.63, 3.8) is 0 Å². The van der Waals surface area contributed by atoms with Crippen molar-refractivity contribution in [1.82, 2.24) is 15.1 Å². The van der Waals surface area contributed by atoms with Gasteiger partial charge in [-0.3, -0.25) is 10.00 Å². The third-order valence-electron chi connectivity index (χ3n) is 7.47. The molecule has 0 bridgehead atoms. The fourth-order valence-electron chi connectivity index (χ4n) is 5.60. The van der Waals surface area contributed by atoms with Gasteiger partial charge in [0.2, 0.25) is 0 Å². The minimum atomic E-state index is -2.41. The highest BCUT2D eigenvalue weighted by atomic mass is 19.3. The number of piperidine rings is 1. The topological polar surface area (TPSA) is 44.4 Å². The molecule has 1 fully saturated rings. The third-order valence-corrected chi connectivity index (χ3v) is 7.47. The van der Waals surface area contributed by atoms with Gasteiger partial charge in [-0.15, -0.1) is 0 Å². The number of rotatable bonds is 5. The maximum absolute atomic E-state index is 13.7. The second-order valence-corrected chi connectivity index (χ2v) is 9.60. The average Bonchev–Trinajstić information content (AvgIpc) is 3.29. The number of hydrogen-bond acceptors (Lipinski definition) is 4. The van der Waals surface area contributed by atoms with Gasteiger partial charge in [0.25, 0.3) is 6.43 Å². The van der Waals surface area contributed by atoms with E-state index in [9.17, 15) is 8.78 Å². The molecule has 176 valence electrons. The first-order valence-electron chi connectivity index (χ1n) is 11.9. The number of nitrogens with zero attached hydrogens (tertiary/aromatic N) is 3. The number of fused-ring (bicyclic) bond motifs is 3. The summed E-state index contributed by atoms with van der Waals surface area (Å²) >= 11 is 0. The van der Waals surface area contributed by atoms with Gasteiger partial charge in [-0.05, 0) is 55.4 Å². The Balaban J connectivity index is 1.60. The molecule has 1 aromatic heterocycles. The first-order chi connectivity index (χ1) is 16.0. The molecule has 1 saturated heterocycles. The standard InChI is InChI=1S/C26H32F2N4O/c1-16-8-10-31(11-9-16)18-4-5-20(24(13-18)33-3)26-19-6-7-23-22(14-29-30-23)21(19)12-17(2)32(26)15-25(27)28/h4-7,13-14,16-17,25-26H,8-12,15H2,1-3H3,(H,29,30)/t17-,26+/m1/s1. The van der Waals surface area contributed by atoms with Gasteiger partial charge in [0, 0.05) is 41.8 Å². The van der Waals surface area contributed by atoms with Crippen LogP contribution >= 0.6 is 0 Å². The molecular weight excluding hydrogens is 422 g/mol. The zero-order chi connectivity index (χ0) is 23.1. The van der Waals surface area contributed by atoms with E-state index in [0.717, 1.165) is 52.5 Å². The van der Waals surface area contributed by atoms with E-state index in [2.05, 4.69) is 46.3 Å². The first-order valence-corrected chi connectivity index (χ1v) is 11.9. The molecule has 0 spiro atoms. The van der Waals surface area contributed by atoms with Crippen molar-refractivity contribution in [3.05, 3.63) is 53.2 Å². The van der Waals surface area contributed by atoms with Gasteiger partial charge in [-0.1, -0.05) is 19.1 Å². The molecule has 0 amide bonds. The molecule has 7 heteroatoms. The lowest BCUT2D eigenvalue weighted by atomic mass is 9.83. The molecule has 0 aliphatic carbocycles. The lowest BCUT2D eigenvalue weighted by molar-refractivity contribution is 0.0460. The minimum Gasteiger partial charge on any atom is -0.496 e. The van der Waals surface area contributed by atoms with E-state index in [-0.39, 0.29) is 18.6 Å². The Kier molecular flexibility index (Phi) is 5.99. The Morgan fingerprint density at radius 2 is 1.88 bits per heavy atom. The minimum absolute atomic E-state index is 0.0371. The molecule has 33 heavy (non-hydrogen) atoms. The van der Waals surface area contributed by atoms with E-state index in [1.807, 2.05) is 24.1 Å². The summed E-state index contributed by atoms with van der Waals surface area (Å²) in [5, 5.41) is 8.32. The number of anilines is 1. The number of nitrogens with one attached hydrogen (secondary N) is 1. The summed E-state index contributed by atoms with van der Waals surface area (Å²) in [5.74, 6) is 1.51. The molecule has 5 nitrogen and oxygen atoms in total. The SMILES string of the molecule is COc1cc(N2CCC(C)CC2)ccc1[C@@H]1c2ccc3[nH]ncc3c2C[C@@H](C)N1CC(F)F. The van der Waals surface area contributed by atoms with Crippen LogP contribution in [0.4, 0.5) is 14.5 Å². The van der Waals surface area contributed by atoms with Crippen molar-refractivity contribution in [3.8, 4) is 5.75 Å². The van der Waals surface area contributed by atoms with E-state index >= 15 is 0 Å². The van der Waals surface area contributed by atoms with E-state index in [1.165, 1.54) is 18.4 Å². The monoisotopic (exact) mass is 454 g/mol. The second kappa shape index (κ2) is 8.93. The Hall–Kier alpha value is -2.67. The molecular formula is C26H32F2N4O. The summed E-state index contributed by atoms with van der Waals surface area (Å²) in [7, 11) is 1.67. The van der Waals surface area contributed by atoms with Crippen molar-refractivity contribution in [1.29, 1.82) is 0 Å². The van der Waals surface area contributed by atoms with E-state index in [1.54, 1.807) is 7.11 Å². The number of hydrogen-bond donors (Lipinski definition) is 1. The van der Waals surface area contributed by atoms with Gasteiger partial charge >= 0.3 is 0 Å². The lowest BCUT2D eigenvalue weighted by Gasteiger charge is -2.43. The molecule has 5 rings (SSSR count). The quantitative estimate of drug-likeness (QED) is 0.560. The van der Waals surface area contributed by atoms with Gasteiger partial charge in [-0.25, -0.2) is 8.78 Å². The van der Waals surface area contributed by atoms with Crippen LogP contribution in [0, 0.1) is 5.92 Å². The zero-order valence-electron chi connectivity index (χ0n) is 19.5. The van der Waals surface area contributed by atoms with Gasteiger partial charge in [0.1, 0.15) is 5.75 Å². The second-order valence-electron chi connectivity index (χ2n) is 9.60. The van der Waals surface area contributed by atoms with Crippen LogP contribution in [-0.4, -0.2) is 54.3 Å². The number of halogens is 2. The van der Waals surface area contributed by atoms with Crippen molar-refractivity contribution >= 4 is 16.6 Å². The van der Waals surface area contributed by atoms with Crippen LogP contribution in [-0.2, 0) is 6.42 Å². The smallest absolute Gasteiger partial charge is 0.251 e. The van der Waals surface area contributed by atoms with Crippen LogP contribution in [0.2, 0.25) is 0 Å². The van der Waals surface area contributed by atoms with E-state index in [0.29, 0.717) is 6.42 Å². The molecule has 2 aliphatic heterocycles. The summed E-state index contributed by atoms with van der Waals surface area (Å²) in [4.78, 5) is 4.33. The molecule has 0 radical (unpaired) electrons.